The first kappa shape index (κ1) is 20.4. The van der Waals surface area contributed by atoms with Gasteiger partial charge in [0, 0.05) is 49.5 Å². The lowest BCUT2D eigenvalue weighted by atomic mass is 10.1. The van der Waals surface area contributed by atoms with E-state index < -0.39 is 0 Å². The Bertz CT molecular complexity index is 1360. The van der Waals surface area contributed by atoms with Gasteiger partial charge in [-0.2, -0.15) is 10.2 Å². The predicted octanol–water partition coefficient (Wildman–Crippen LogP) is 4.39. The minimum atomic E-state index is -0.122. The summed E-state index contributed by atoms with van der Waals surface area (Å²) >= 11 is 0. The van der Waals surface area contributed by atoms with Gasteiger partial charge < -0.3 is 4.90 Å². The van der Waals surface area contributed by atoms with Gasteiger partial charge in [0.05, 0.1) is 23.1 Å². The van der Waals surface area contributed by atoms with Gasteiger partial charge in [0.2, 0.25) is 0 Å². The van der Waals surface area contributed by atoms with Gasteiger partial charge in [-0.15, -0.1) is 0 Å². The maximum atomic E-state index is 13.5. The van der Waals surface area contributed by atoms with E-state index in [0.29, 0.717) is 17.8 Å². The molecule has 0 fully saturated rings. The number of rotatable bonds is 6. The fourth-order valence-corrected chi connectivity index (χ4v) is 3.67. The molecule has 0 saturated carbocycles. The quantitative estimate of drug-likeness (QED) is 0.397. The van der Waals surface area contributed by atoms with Crippen LogP contribution in [0.25, 0.3) is 22.6 Å². The van der Waals surface area contributed by atoms with Crippen LogP contribution in [-0.4, -0.2) is 42.4 Å². The van der Waals surface area contributed by atoms with Crippen LogP contribution in [-0.2, 0) is 6.54 Å². The number of pyridine rings is 1. The van der Waals surface area contributed by atoms with Gasteiger partial charge in [0.25, 0.3) is 5.91 Å². The minimum Gasteiger partial charge on any atom is -0.337 e. The number of aromatic nitrogens is 5. The van der Waals surface area contributed by atoms with Gasteiger partial charge in [-0.05, 0) is 36.4 Å². The topological polar surface area (TPSA) is 68.8 Å². The lowest BCUT2D eigenvalue weighted by Gasteiger charge is -2.16. The summed E-state index contributed by atoms with van der Waals surface area (Å²) in [6, 6.07) is 23.4. The summed E-state index contributed by atoms with van der Waals surface area (Å²) < 4.78 is 3.54. The van der Waals surface area contributed by atoms with Crippen molar-refractivity contribution >= 4 is 5.91 Å². The van der Waals surface area contributed by atoms with E-state index in [1.54, 1.807) is 41.4 Å². The zero-order chi connectivity index (χ0) is 22.6. The summed E-state index contributed by atoms with van der Waals surface area (Å²) in [7, 11) is 1.79. The lowest BCUT2D eigenvalue weighted by Crippen LogP contribution is -2.26. The van der Waals surface area contributed by atoms with Crippen molar-refractivity contribution in [2.24, 2.45) is 0 Å². The lowest BCUT2D eigenvalue weighted by molar-refractivity contribution is 0.0786. The monoisotopic (exact) mass is 434 g/mol. The number of hydrogen-bond acceptors (Lipinski definition) is 4. The van der Waals surface area contributed by atoms with Gasteiger partial charge in [0.1, 0.15) is 5.69 Å². The molecule has 0 aliphatic heterocycles. The molecule has 2 aromatic carbocycles. The van der Waals surface area contributed by atoms with Crippen LogP contribution in [0.1, 0.15) is 15.9 Å². The van der Waals surface area contributed by atoms with E-state index in [0.717, 1.165) is 22.5 Å². The van der Waals surface area contributed by atoms with Crippen LogP contribution in [0.15, 0.2) is 104 Å². The summed E-state index contributed by atoms with van der Waals surface area (Å²) in [5.41, 5.74) is 4.71. The molecule has 0 aliphatic carbocycles. The Kier molecular flexibility index (Phi) is 5.51. The van der Waals surface area contributed by atoms with Crippen molar-refractivity contribution in [1.82, 2.24) is 29.4 Å². The molecule has 3 aromatic heterocycles. The molecule has 0 N–H and O–H groups in total. The average Bonchev–Trinajstić information content (AvgIpc) is 3.53. The number of para-hydroxylation sites is 2. The molecule has 0 saturated heterocycles. The van der Waals surface area contributed by atoms with Crippen molar-refractivity contribution in [3.8, 4) is 22.6 Å². The highest BCUT2D eigenvalue weighted by Crippen LogP contribution is 2.24. The first-order chi connectivity index (χ1) is 16.2. The Labute approximate surface area is 191 Å². The van der Waals surface area contributed by atoms with Crippen LogP contribution in [0.4, 0.5) is 0 Å². The number of nitrogens with zero attached hydrogens (tertiary/aromatic N) is 6. The standard InChI is InChI=1S/C26H22N6O/c1-30(17-20-15-28-31(18-20)22-10-4-2-5-11-22)26(33)24-19-32(23-12-6-3-7-13-23)29-25(24)21-9-8-14-27-16-21/h2-16,18-19H,17H2,1H3. The maximum absolute atomic E-state index is 13.5. The van der Waals surface area contributed by atoms with Gasteiger partial charge in [0.15, 0.2) is 0 Å². The fraction of sp³-hybridized carbons (Fsp3) is 0.0769. The van der Waals surface area contributed by atoms with Crippen molar-refractivity contribution in [2.45, 2.75) is 6.54 Å². The number of benzene rings is 2. The second-order valence-corrected chi connectivity index (χ2v) is 7.70. The molecule has 5 aromatic rings. The highest BCUT2D eigenvalue weighted by Gasteiger charge is 2.22. The van der Waals surface area contributed by atoms with E-state index in [9.17, 15) is 4.79 Å². The van der Waals surface area contributed by atoms with E-state index in [1.807, 2.05) is 83.7 Å². The largest absolute Gasteiger partial charge is 0.337 e. The number of carbonyl (C=O) groups is 1. The van der Waals surface area contributed by atoms with Crippen molar-refractivity contribution in [3.63, 3.8) is 0 Å². The summed E-state index contributed by atoms with van der Waals surface area (Å²) in [5.74, 6) is -0.122. The molecule has 33 heavy (non-hydrogen) atoms. The van der Waals surface area contributed by atoms with Crippen LogP contribution in [0.3, 0.4) is 0 Å². The molecule has 0 spiro atoms. The molecule has 0 atom stereocenters. The van der Waals surface area contributed by atoms with Crippen LogP contribution >= 0.6 is 0 Å². The zero-order valence-electron chi connectivity index (χ0n) is 18.1. The normalized spacial score (nSPS) is 10.8. The van der Waals surface area contributed by atoms with Crippen molar-refractivity contribution in [1.29, 1.82) is 0 Å². The third-order valence-corrected chi connectivity index (χ3v) is 5.32. The Hall–Kier alpha value is -4.52. The third-order valence-electron chi connectivity index (χ3n) is 5.32. The summed E-state index contributed by atoms with van der Waals surface area (Å²) in [5, 5.41) is 9.15. The Morgan fingerprint density at radius 2 is 1.55 bits per heavy atom. The highest BCUT2D eigenvalue weighted by molar-refractivity contribution is 5.99. The van der Waals surface area contributed by atoms with E-state index in [-0.39, 0.29) is 5.91 Å². The molecule has 0 aliphatic rings. The summed E-state index contributed by atoms with van der Waals surface area (Å²) in [4.78, 5) is 19.4. The van der Waals surface area contributed by atoms with Crippen molar-refractivity contribution in [3.05, 3.63) is 115 Å². The second-order valence-electron chi connectivity index (χ2n) is 7.70. The molecule has 162 valence electrons. The molecular weight excluding hydrogens is 412 g/mol. The Balaban J connectivity index is 1.44. The molecular formula is C26H22N6O. The van der Waals surface area contributed by atoms with Crippen LogP contribution in [0, 0.1) is 0 Å². The smallest absolute Gasteiger partial charge is 0.257 e. The van der Waals surface area contributed by atoms with Crippen molar-refractivity contribution in [2.75, 3.05) is 7.05 Å². The van der Waals surface area contributed by atoms with E-state index in [2.05, 4.69) is 10.1 Å². The van der Waals surface area contributed by atoms with Crippen LogP contribution in [0.5, 0.6) is 0 Å². The van der Waals surface area contributed by atoms with E-state index in [1.165, 1.54) is 0 Å². The minimum absolute atomic E-state index is 0.122. The molecule has 0 bridgehead atoms. The first-order valence-electron chi connectivity index (χ1n) is 10.6. The predicted molar refractivity (Wildman–Crippen MR) is 126 cm³/mol. The molecule has 3 heterocycles. The van der Waals surface area contributed by atoms with Crippen molar-refractivity contribution < 1.29 is 4.79 Å². The summed E-state index contributed by atoms with van der Waals surface area (Å²) in [6.45, 7) is 0.425. The number of amides is 1. The molecule has 7 heteroatoms. The summed E-state index contributed by atoms with van der Waals surface area (Å²) in [6.07, 6.45) is 8.93. The third kappa shape index (κ3) is 4.29. The van der Waals surface area contributed by atoms with Crippen LogP contribution < -0.4 is 0 Å². The van der Waals surface area contributed by atoms with Gasteiger partial charge in [-0.1, -0.05) is 36.4 Å². The molecule has 0 unspecified atom stereocenters. The van der Waals surface area contributed by atoms with Gasteiger partial charge in [-0.25, -0.2) is 9.36 Å². The van der Waals surface area contributed by atoms with E-state index >= 15 is 0 Å². The maximum Gasteiger partial charge on any atom is 0.257 e. The van der Waals surface area contributed by atoms with Crippen LogP contribution in [0.2, 0.25) is 0 Å². The molecule has 5 rings (SSSR count). The highest BCUT2D eigenvalue weighted by atomic mass is 16.2. The van der Waals surface area contributed by atoms with E-state index in [4.69, 9.17) is 5.10 Å². The fourth-order valence-electron chi connectivity index (χ4n) is 3.67. The Morgan fingerprint density at radius 1 is 0.848 bits per heavy atom. The second kappa shape index (κ2) is 8.92. The van der Waals surface area contributed by atoms with Gasteiger partial charge in [-0.3, -0.25) is 9.78 Å². The van der Waals surface area contributed by atoms with Gasteiger partial charge >= 0.3 is 0 Å². The average molecular weight is 435 g/mol. The zero-order valence-corrected chi connectivity index (χ0v) is 18.1. The Morgan fingerprint density at radius 3 is 2.21 bits per heavy atom. The first-order valence-corrected chi connectivity index (χ1v) is 10.6. The molecule has 7 nitrogen and oxygen atoms in total. The number of carbonyl (C=O) groups excluding carboxylic acids is 1. The number of hydrogen-bond donors (Lipinski definition) is 0. The molecule has 1 amide bonds. The SMILES string of the molecule is CN(Cc1cnn(-c2ccccc2)c1)C(=O)c1cn(-c2ccccc2)nc1-c1cccnc1. The molecule has 0 radical (unpaired) electrons.